The Hall–Kier alpha value is -1.11. The molecule has 1 rings (SSSR count). The fraction of sp³-hybridized carbons (Fsp3) is 0.462. The van der Waals surface area contributed by atoms with Gasteiger partial charge in [0, 0.05) is 17.7 Å². The summed E-state index contributed by atoms with van der Waals surface area (Å²) in [7, 11) is 0. The average molecular weight is 332 g/mol. The third-order valence-corrected chi connectivity index (χ3v) is 2.83. The molecule has 1 aromatic carbocycles. The molecule has 0 saturated heterocycles. The molecule has 0 aromatic heterocycles. The molecule has 0 saturated carbocycles. The summed E-state index contributed by atoms with van der Waals surface area (Å²) >= 11 is 3.22. The normalized spacial score (nSPS) is 10.7. The molecule has 0 aliphatic rings. The second kappa shape index (κ2) is 8.14. The lowest BCUT2D eigenvalue weighted by Gasteiger charge is -2.17. The van der Waals surface area contributed by atoms with Crippen molar-refractivity contribution in [1.29, 1.82) is 0 Å². The number of benzene rings is 1. The summed E-state index contributed by atoms with van der Waals surface area (Å²) < 4.78 is 11.3. The summed E-state index contributed by atoms with van der Waals surface area (Å²) in [5, 5.41) is 12.3. The van der Waals surface area contributed by atoms with Gasteiger partial charge >= 0.3 is 0 Å². The Morgan fingerprint density at radius 1 is 1.37 bits per heavy atom. The van der Waals surface area contributed by atoms with Crippen LogP contribution in [0.5, 0.6) is 5.75 Å². The first-order chi connectivity index (χ1) is 9.08. The highest BCUT2D eigenvalue weighted by atomic mass is 79.9. The molecule has 19 heavy (non-hydrogen) atoms. The highest BCUT2D eigenvalue weighted by Gasteiger charge is 2.14. The first-order valence-electron chi connectivity index (χ1n) is 6.08. The van der Waals surface area contributed by atoms with E-state index in [9.17, 15) is 9.90 Å². The number of hydrogen-bond donors (Lipinski definition) is 2. The summed E-state index contributed by atoms with van der Waals surface area (Å²) in [6.45, 7) is 4.95. The van der Waals surface area contributed by atoms with Crippen molar-refractivity contribution in [2.75, 3.05) is 19.8 Å². The molecule has 1 amide bonds. The Bertz CT molecular complexity index is 419. The van der Waals surface area contributed by atoms with E-state index >= 15 is 0 Å². The number of amides is 1. The molecule has 0 unspecified atom stereocenters. The number of carbonyl (C=O) groups is 1. The minimum Gasteiger partial charge on any atom is -0.507 e. The van der Waals surface area contributed by atoms with Gasteiger partial charge in [-0.05, 0) is 32.0 Å². The number of hydrogen-bond acceptors (Lipinski definition) is 4. The highest BCUT2D eigenvalue weighted by molar-refractivity contribution is 9.10. The summed E-state index contributed by atoms with van der Waals surface area (Å²) in [5.74, 6) is -0.439. The number of ether oxygens (including phenoxy) is 2. The van der Waals surface area contributed by atoms with Gasteiger partial charge in [-0.1, -0.05) is 15.9 Å². The number of aromatic hydroxyl groups is 1. The Labute approximate surface area is 121 Å². The maximum atomic E-state index is 11.9. The predicted molar refractivity (Wildman–Crippen MR) is 75.2 cm³/mol. The molecule has 106 valence electrons. The Balaban J connectivity index is 2.58. The first kappa shape index (κ1) is 15.9. The molecule has 0 atom stereocenters. The summed E-state index contributed by atoms with van der Waals surface area (Å²) in [6.07, 6.45) is -0.475. The van der Waals surface area contributed by atoms with Crippen molar-refractivity contribution in [2.45, 2.75) is 20.1 Å². The minimum absolute atomic E-state index is 0.0729. The van der Waals surface area contributed by atoms with Crippen LogP contribution < -0.4 is 5.32 Å². The Kier molecular flexibility index (Phi) is 6.83. The summed E-state index contributed by atoms with van der Waals surface area (Å²) in [4.78, 5) is 11.9. The molecule has 2 N–H and O–H groups in total. The molecule has 1 aromatic rings. The van der Waals surface area contributed by atoms with Crippen LogP contribution >= 0.6 is 15.9 Å². The fourth-order valence-electron chi connectivity index (χ4n) is 1.51. The second-order valence-corrected chi connectivity index (χ2v) is 4.63. The van der Waals surface area contributed by atoms with Crippen LogP contribution in [-0.2, 0) is 9.47 Å². The Morgan fingerprint density at radius 2 is 2.00 bits per heavy atom. The van der Waals surface area contributed by atoms with Crippen molar-refractivity contribution in [2.24, 2.45) is 0 Å². The van der Waals surface area contributed by atoms with Crippen molar-refractivity contribution < 1.29 is 19.4 Å². The van der Waals surface area contributed by atoms with E-state index in [1.165, 1.54) is 6.07 Å². The van der Waals surface area contributed by atoms with Gasteiger partial charge in [-0.15, -0.1) is 0 Å². The van der Waals surface area contributed by atoms with Gasteiger partial charge in [-0.2, -0.15) is 0 Å². The number of nitrogens with one attached hydrogen (secondary N) is 1. The lowest BCUT2D eigenvalue weighted by Crippen LogP contribution is -2.35. The van der Waals surface area contributed by atoms with Crippen molar-refractivity contribution in [3.05, 3.63) is 28.2 Å². The van der Waals surface area contributed by atoms with Crippen LogP contribution in [0.3, 0.4) is 0 Å². The third-order valence-electron chi connectivity index (χ3n) is 2.34. The van der Waals surface area contributed by atoms with Crippen molar-refractivity contribution in [1.82, 2.24) is 5.32 Å². The summed E-state index contributed by atoms with van der Waals surface area (Å²) in [6, 6.07) is 4.71. The molecule has 0 spiro atoms. The quantitative estimate of drug-likeness (QED) is 0.752. The van der Waals surface area contributed by atoms with Gasteiger partial charge in [0.05, 0.1) is 12.1 Å². The van der Waals surface area contributed by atoms with Crippen molar-refractivity contribution >= 4 is 21.8 Å². The lowest BCUT2D eigenvalue weighted by molar-refractivity contribution is -0.131. The molecule has 6 heteroatoms. The largest absolute Gasteiger partial charge is 0.507 e. The topological polar surface area (TPSA) is 67.8 Å². The molecular weight excluding hydrogens is 314 g/mol. The van der Waals surface area contributed by atoms with E-state index in [2.05, 4.69) is 21.2 Å². The van der Waals surface area contributed by atoms with Crippen LogP contribution in [0.2, 0.25) is 0 Å². The molecule has 0 radical (unpaired) electrons. The standard InChI is InChI=1S/C13H18BrNO4/c1-3-18-12(19-4-2)8-15-13(17)10-6-5-9(14)7-11(10)16/h5-7,12,16H,3-4,8H2,1-2H3,(H,15,17). The maximum Gasteiger partial charge on any atom is 0.255 e. The zero-order valence-electron chi connectivity index (χ0n) is 11.0. The lowest BCUT2D eigenvalue weighted by atomic mass is 10.2. The van der Waals surface area contributed by atoms with E-state index < -0.39 is 6.29 Å². The summed E-state index contributed by atoms with van der Waals surface area (Å²) in [5.41, 5.74) is 0.218. The molecule has 0 fully saturated rings. The third kappa shape index (κ3) is 5.18. The van der Waals surface area contributed by atoms with Gasteiger partial charge in [0.2, 0.25) is 0 Å². The van der Waals surface area contributed by atoms with Gasteiger partial charge < -0.3 is 19.9 Å². The average Bonchev–Trinajstić information content (AvgIpc) is 2.36. The number of phenolic OH excluding ortho intramolecular Hbond substituents is 1. The highest BCUT2D eigenvalue weighted by Crippen LogP contribution is 2.22. The van der Waals surface area contributed by atoms with Gasteiger partial charge in [-0.3, -0.25) is 4.79 Å². The molecular formula is C13H18BrNO4. The Morgan fingerprint density at radius 3 is 2.53 bits per heavy atom. The van der Waals surface area contributed by atoms with E-state index in [-0.39, 0.29) is 23.8 Å². The second-order valence-electron chi connectivity index (χ2n) is 3.71. The molecule has 0 aliphatic heterocycles. The smallest absolute Gasteiger partial charge is 0.255 e. The minimum atomic E-state index is -0.475. The molecule has 0 aliphatic carbocycles. The molecule has 0 bridgehead atoms. The van der Waals surface area contributed by atoms with E-state index in [4.69, 9.17) is 9.47 Å². The monoisotopic (exact) mass is 331 g/mol. The van der Waals surface area contributed by atoms with Crippen LogP contribution in [0.15, 0.2) is 22.7 Å². The van der Waals surface area contributed by atoms with E-state index in [1.807, 2.05) is 13.8 Å². The van der Waals surface area contributed by atoms with Crippen LogP contribution in [-0.4, -0.2) is 37.1 Å². The predicted octanol–water partition coefficient (Wildman–Crippen LogP) is 2.28. The molecule has 0 heterocycles. The van der Waals surface area contributed by atoms with Crippen LogP contribution in [0, 0.1) is 0 Å². The number of halogens is 1. The number of rotatable bonds is 7. The zero-order valence-corrected chi connectivity index (χ0v) is 12.6. The van der Waals surface area contributed by atoms with E-state index in [0.29, 0.717) is 17.7 Å². The van der Waals surface area contributed by atoms with Gasteiger partial charge in [0.15, 0.2) is 6.29 Å². The number of carbonyl (C=O) groups excluding carboxylic acids is 1. The number of phenols is 1. The van der Waals surface area contributed by atoms with Crippen LogP contribution in [0.1, 0.15) is 24.2 Å². The van der Waals surface area contributed by atoms with Crippen molar-refractivity contribution in [3.8, 4) is 5.75 Å². The first-order valence-corrected chi connectivity index (χ1v) is 6.87. The van der Waals surface area contributed by atoms with E-state index in [1.54, 1.807) is 12.1 Å². The molecule has 5 nitrogen and oxygen atoms in total. The van der Waals surface area contributed by atoms with Gasteiger partial charge in [0.1, 0.15) is 5.75 Å². The maximum absolute atomic E-state index is 11.9. The van der Waals surface area contributed by atoms with Gasteiger partial charge in [-0.25, -0.2) is 0 Å². The van der Waals surface area contributed by atoms with Crippen molar-refractivity contribution in [3.63, 3.8) is 0 Å². The van der Waals surface area contributed by atoms with Gasteiger partial charge in [0.25, 0.3) is 5.91 Å². The van der Waals surface area contributed by atoms with Crippen LogP contribution in [0.25, 0.3) is 0 Å². The SMILES string of the molecule is CCOC(CNC(=O)c1ccc(Br)cc1O)OCC. The van der Waals surface area contributed by atoms with E-state index in [0.717, 1.165) is 0 Å². The zero-order chi connectivity index (χ0) is 14.3. The fourth-order valence-corrected chi connectivity index (χ4v) is 1.85. The van der Waals surface area contributed by atoms with Crippen LogP contribution in [0.4, 0.5) is 0 Å².